The molecule has 1 fully saturated rings. The third kappa shape index (κ3) is 2.81. The van der Waals surface area contributed by atoms with Crippen LogP contribution in [0.2, 0.25) is 0 Å². The van der Waals surface area contributed by atoms with Crippen LogP contribution in [0.4, 0.5) is 0 Å². The second-order valence-corrected chi connectivity index (χ2v) is 6.42. The van der Waals surface area contributed by atoms with Gasteiger partial charge in [-0.1, -0.05) is 22.4 Å². The molecule has 2 N–H and O–H groups in total. The lowest BCUT2D eigenvalue weighted by atomic mass is 10.0. The van der Waals surface area contributed by atoms with Gasteiger partial charge in [0.05, 0.1) is 6.61 Å². The maximum Gasteiger partial charge on any atom is 0.127 e. The highest BCUT2D eigenvalue weighted by Gasteiger charge is 2.24. The van der Waals surface area contributed by atoms with Crippen molar-refractivity contribution in [2.75, 3.05) is 19.7 Å². The summed E-state index contributed by atoms with van der Waals surface area (Å²) in [6, 6.07) is 4.92. The maximum atomic E-state index is 5.91. The van der Waals surface area contributed by atoms with Gasteiger partial charge in [0.25, 0.3) is 0 Å². The summed E-state index contributed by atoms with van der Waals surface area (Å²) in [5.41, 5.74) is 8.55. The minimum Gasteiger partial charge on any atom is -0.493 e. The molecule has 0 saturated carbocycles. The summed E-state index contributed by atoms with van der Waals surface area (Å²) in [5, 5.41) is 0. The number of nitrogens with zero attached hydrogens (tertiary/aromatic N) is 1. The number of likely N-dealkylation sites (tertiary alicyclic amines) is 1. The van der Waals surface area contributed by atoms with Crippen molar-refractivity contribution in [1.29, 1.82) is 0 Å². The average Bonchev–Trinajstić information content (AvgIpc) is 2.87. The van der Waals surface area contributed by atoms with Crippen LogP contribution >= 0.6 is 15.9 Å². The fourth-order valence-electron chi connectivity index (χ4n) is 3.22. The van der Waals surface area contributed by atoms with Crippen LogP contribution in [0.3, 0.4) is 0 Å². The summed E-state index contributed by atoms with van der Waals surface area (Å²) in [7, 11) is 0. The van der Waals surface area contributed by atoms with Crippen LogP contribution in [0.5, 0.6) is 5.75 Å². The lowest BCUT2D eigenvalue weighted by Gasteiger charge is -2.35. The summed E-state index contributed by atoms with van der Waals surface area (Å²) < 4.78 is 6.98. The monoisotopic (exact) mass is 324 g/mol. The molecular formula is C15H21BrN2O. The Kier molecular flexibility index (Phi) is 4.10. The van der Waals surface area contributed by atoms with Gasteiger partial charge in [-0.05, 0) is 37.1 Å². The molecule has 0 aliphatic carbocycles. The normalized spacial score (nSPS) is 23.2. The third-order valence-electron chi connectivity index (χ3n) is 4.22. The molecule has 1 unspecified atom stereocenters. The van der Waals surface area contributed by atoms with E-state index >= 15 is 0 Å². The van der Waals surface area contributed by atoms with Gasteiger partial charge >= 0.3 is 0 Å². The molecule has 0 aromatic heterocycles. The molecule has 2 heterocycles. The van der Waals surface area contributed by atoms with Gasteiger partial charge in [-0.15, -0.1) is 0 Å². The van der Waals surface area contributed by atoms with Gasteiger partial charge in [-0.3, -0.25) is 4.90 Å². The molecule has 2 aliphatic rings. The number of nitrogens with two attached hydrogens (primary N) is 1. The number of fused-ring (bicyclic) bond motifs is 1. The molecule has 0 amide bonds. The highest BCUT2D eigenvalue weighted by atomic mass is 79.9. The van der Waals surface area contributed by atoms with Crippen LogP contribution in [0.1, 0.15) is 30.4 Å². The number of ether oxygens (including phenoxy) is 1. The van der Waals surface area contributed by atoms with Crippen molar-refractivity contribution in [3.8, 4) is 5.75 Å². The number of halogens is 1. The quantitative estimate of drug-likeness (QED) is 0.929. The van der Waals surface area contributed by atoms with Crippen molar-refractivity contribution >= 4 is 15.9 Å². The SMILES string of the molecule is NCC1CCCCN1Cc1cc(Br)cc2c1OCC2. The summed E-state index contributed by atoms with van der Waals surface area (Å²) in [5.74, 6) is 1.12. The topological polar surface area (TPSA) is 38.5 Å². The van der Waals surface area contributed by atoms with Crippen LogP contribution in [0.15, 0.2) is 16.6 Å². The van der Waals surface area contributed by atoms with Crippen LogP contribution in [0.25, 0.3) is 0 Å². The molecule has 4 heteroatoms. The Hall–Kier alpha value is -0.580. The number of rotatable bonds is 3. The molecule has 3 rings (SSSR count). The highest BCUT2D eigenvalue weighted by Crippen LogP contribution is 2.34. The van der Waals surface area contributed by atoms with Gasteiger partial charge in [0.15, 0.2) is 0 Å². The van der Waals surface area contributed by atoms with Crippen molar-refractivity contribution in [2.24, 2.45) is 5.73 Å². The first kappa shape index (κ1) is 13.4. The van der Waals surface area contributed by atoms with E-state index in [0.717, 1.165) is 42.9 Å². The molecule has 1 aromatic rings. The van der Waals surface area contributed by atoms with Crippen molar-refractivity contribution in [3.63, 3.8) is 0 Å². The molecular weight excluding hydrogens is 304 g/mol. The van der Waals surface area contributed by atoms with Gasteiger partial charge in [-0.2, -0.15) is 0 Å². The molecule has 2 aliphatic heterocycles. The van der Waals surface area contributed by atoms with Crippen molar-refractivity contribution in [2.45, 2.75) is 38.3 Å². The molecule has 3 nitrogen and oxygen atoms in total. The fourth-order valence-corrected chi connectivity index (χ4v) is 3.77. The molecule has 0 radical (unpaired) electrons. The van der Waals surface area contributed by atoms with E-state index in [1.54, 1.807) is 0 Å². The average molecular weight is 325 g/mol. The van der Waals surface area contributed by atoms with E-state index in [0.29, 0.717) is 6.04 Å². The van der Waals surface area contributed by atoms with Gasteiger partial charge in [-0.25, -0.2) is 0 Å². The first-order chi connectivity index (χ1) is 9.28. The zero-order valence-corrected chi connectivity index (χ0v) is 12.8. The molecule has 1 saturated heterocycles. The first-order valence-corrected chi connectivity index (χ1v) is 7.95. The second-order valence-electron chi connectivity index (χ2n) is 5.51. The van der Waals surface area contributed by atoms with Crippen molar-refractivity contribution in [1.82, 2.24) is 4.90 Å². The zero-order chi connectivity index (χ0) is 13.2. The van der Waals surface area contributed by atoms with E-state index in [9.17, 15) is 0 Å². The molecule has 19 heavy (non-hydrogen) atoms. The minimum absolute atomic E-state index is 0.532. The molecule has 0 bridgehead atoms. The van der Waals surface area contributed by atoms with Crippen LogP contribution in [-0.2, 0) is 13.0 Å². The molecule has 1 atom stereocenters. The largest absolute Gasteiger partial charge is 0.493 e. The lowest BCUT2D eigenvalue weighted by molar-refractivity contribution is 0.143. The van der Waals surface area contributed by atoms with Gasteiger partial charge < -0.3 is 10.5 Å². The predicted molar refractivity (Wildman–Crippen MR) is 80.4 cm³/mol. The van der Waals surface area contributed by atoms with E-state index in [4.69, 9.17) is 10.5 Å². The summed E-state index contributed by atoms with van der Waals surface area (Å²) in [6.07, 6.45) is 4.86. The van der Waals surface area contributed by atoms with Crippen LogP contribution < -0.4 is 10.5 Å². The Morgan fingerprint density at radius 2 is 2.26 bits per heavy atom. The van der Waals surface area contributed by atoms with Gasteiger partial charge in [0, 0.05) is 35.6 Å². The minimum atomic E-state index is 0.532. The highest BCUT2D eigenvalue weighted by molar-refractivity contribution is 9.10. The summed E-state index contributed by atoms with van der Waals surface area (Å²) >= 11 is 3.61. The summed E-state index contributed by atoms with van der Waals surface area (Å²) in [6.45, 7) is 3.70. The van der Waals surface area contributed by atoms with Crippen LogP contribution in [-0.4, -0.2) is 30.6 Å². The number of hydrogen-bond donors (Lipinski definition) is 1. The maximum absolute atomic E-state index is 5.91. The van der Waals surface area contributed by atoms with Crippen molar-refractivity contribution in [3.05, 3.63) is 27.7 Å². The fraction of sp³-hybridized carbons (Fsp3) is 0.600. The van der Waals surface area contributed by atoms with E-state index in [2.05, 4.69) is 33.0 Å². The third-order valence-corrected chi connectivity index (χ3v) is 4.68. The van der Waals surface area contributed by atoms with E-state index in [-0.39, 0.29) is 0 Å². The number of hydrogen-bond acceptors (Lipinski definition) is 3. The number of piperidine rings is 1. The second kappa shape index (κ2) is 5.81. The Balaban J connectivity index is 1.82. The van der Waals surface area contributed by atoms with Crippen LogP contribution in [0, 0.1) is 0 Å². The Morgan fingerprint density at radius 1 is 1.37 bits per heavy atom. The molecule has 1 aromatic carbocycles. The molecule has 0 spiro atoms. The van der Waals surface area contributed by atoms with Crippen molar-refractivity contribution < 1.29 is 4.74 Å². The van der Waals surface area contributed by atoms with Gasteiger partial charge in [0.2, 0.25) is 0 Å². The van der Waals surface area contributed by atoms with E-state index in [1.165, 1.54) is 30.4 Å². The summed E-state index contributed by atoms with van der Waals surface area (Å²) in [4.78, 5) is 2.52. The Labute approximate surface area is 123 Å². The standard InChI is InChI=1S/C15H21BrN2O/c16-13-7-11-4-6-19-15(11)12(8-13)10-18-5-2-1-3-14(18)9-17/h7-8,14H,1-6,9-10,17H2. The van der Waals surface area contributed by atoms with E-state index in [1.807, 2.05) is 0 Å². The molecule has 104 valence electrons. The predicted octanol–water partition coefficient (Wildman–Crippen LogP) is 2.70. The lowest BCUT2D eigenvalue weighted by Crippen LogP contribution is -2.43. The Morgan fingerprint density at radius 3 is 3.11 bits per heavy atom. The van der Waals surface area contributed by atoms with Gasteiger partial charge in [0.1, 0.15) is 5.75 Å². The first-order valence-electron chi connectivity index (χ1n) is 7.16. The Bertz CT molecular complexity index is 464. The number of benzene rings is 1. The smallest absolute Gasteiger partial charge is 0.127 e. The van der Waals surface area contributed by atoms with E-state index < -0.39 is 0 Å². The zero-order valence-electron chi connectivity index (χ0n) is 11.2.